The van der Waals surface area contributed by atoms with Gasteiger partial charge in [0.25, 0.3) is 0 Å². The van der Waals surface area contributed by atoms with Gasteiger partial charge in [0.05, 0.1) is 5.54 Å². The summed E-state index contributed by atoms with van der Waals surface area (Å²) in [6, 6.07) is 0. The van der Waals surface area contributed by atoms with Gasteiger partial charge < -0.3 is 10.1 Å². The van der Waals surface area contributed by atoms with E-state index in [0.717, 1.165) is 6.42 Å². The van der Waals surface area contributed by atoms with Crippen LogP contribution in [0.5, 0.6) is 0 Å². The zero-order valence-electron chi connectivity index (χ0n) is 7.52. The summed E-state index contributed by atoms with van der Waals surface area (Å²) in [7, 11) is 0. The number of ether oxygens (including phenoxy) is 1. The maximum absolute atomic E-state index is 10.9. The van der Waals surface area contributed by atoms with Crippen molar-refractivity contribution >= 4 is 6.09 Å². The third kappa shape index (κ3) is 1.08. The number of carbonyl (C=O) groups excluding carboxylic acids is 1. The summed E-state index contributed by atoms with van der Waals surface area (Å²) in [4.78, 5) is 10.9. The highest BCUT2D eigenvalue weighted by atomic mass is 16.6. The zero-order valence-corrected chi connectivity index (χ0v) is 7.52. The molecule has 0 bridgehead atoms. The Kier molecular flexibility index (Phi) is 1.62. The van der Waals surface area contributed by atoms with Crippen molar-refractivity contribution in [2.45, 2.75) is 45.3 Å². The largest absolute Gasteiger partial charge is 0.441 e. The molecule has 0 aromatic heterocycles. The zero-order chi connectivity index (χ0) is 8.70. The minimum Gasteiger partial charge on any atom is -0.441 e. The van der Waals surface area contributed by atoms with E-state index < -0.39 is 5.60 Å². The van der Waals surface area contributed by atoms with E-state index in [4.69, 9.17) is 4.74 Å². The molecule has 1 heterocycles. The normalized spacial score (nSPS) is 34.7. The number of amides is 1. The van der Waals surface area contributed by atoms with Crippen LogP contribution in [0.1, 0.15) is 34.1 Å². The number of cyclic esters (lactones) is 1. The first kappa shape index (κ1) is 8.37. The van der Waals surface area contributed by atoms with Crippen molar-refractivity contribution in [3.63, 3.8) is 0 Å². The van der Waals surface area contributed by atoms with Gasteiger partial charge in [-0.05, 0) is 27.2 Å². The second-order valence-corrected chi connectivity index (χ2v) is 3.71. The fourth-order valence-corrected chi connectivity index (χ4v) is 1.26. The maximum atomic E-state index is 10.9. The first-order valence-electron chi connectivity index (χ1n) is 3.92. The SMILES string of the molecule is CCC1(C)NC(=O)OC1(C)C. The molecule has 0 aromatic rings. The molecule has 0 saturated carbocycles. The van der Waals surface area contributed by atoms with Crippen LogP contribution in [0.4, 0.5) is 4.79 Å². The topological polar surface area (TPSA) is 38.3 Å². The average molecular weight is 157 g/mol. The average Bonchev–Trinajstić information content (AvgIpc) is 2.03. The Balaban J connectivity index is 2.89. The predicted octanol–water partition coefficient (Wildman–Crippen LogP) is 1.67. The van der Waals surface area contributed by atoms with Crippen molar-refractivity contribution in [2.24, 2.45) is 0 Å². The van der Waals surface area contributed by atoms with E-state index in [1.165, 1.54) is 0 Å². The Labute approximate surface area is 67.1 Å². The second kappa shape index (κ2) is 2.13. The molecule has 11 heavy (non-hydrogen) atoms. The number of nitrogens with one attached hydrogen (secondary N) is 1. The van der Waals surface area contributed by atoms with Crippen LogP contribution >= 0.6 is 0 Å². The van der Waals surface area contributed by atoms with Gasteiger partial charge in [0.1, 0.15) is 5.60 Å². The fourth-order valence-electron chi connectivity index (χ4n) is 1.26. The summed E-state index contributed by atoms with van der Waals surface area (Å²) in [6.45, 7) is 7.89. The van der Waals surface area contributed by atoms with E-state index in [9.17, 15) is 4.79 Å². The first-order valence-corrected chi connectivity index (χ1v) is 3.92. The van der Waals surface area contributed by atoms with Crippen molar-refractivity contribution in [3.05, 3.63) is 0 Å². The quantitative estimate of drug-likeness (QED) is 0.628. The molecule has 3 heteroatoms. The predicted molar refractivity (Wildman–Crippen MR) is 42.4 cm³/mol. The molecule has 1 fully saturated rings. The molecule has 1 aliphatic heterocycles. The van der Waals surface area contributed by atoms with E-state index in [-0.39, 0.29) is 11.6 Å². The smallest absolute Gasteiger partial charge is 0.408 e. The molecule has 1 amide bonds. The summed E-state index contributed by atoms with van der Waals surface area (Å²) in [5.74, 6) is 0. The lowest BCUT2D eigenvalue weighted by atomic mass is 9.83. The van der Waals surface area contributed by atoms with Crippen LogP contribution in [-0.4, -0.2) is 17.2 Å². The molecular formula is C8H15NO2. The van der Waals surface area contributed by atoms with Gasteiger partial charge in [-0.1, -0.05) is 6.92 Å². The summed E-state index contributed by atoms with van der Waals surface area (Å²) in [5, 5.41) is 2.81. The Bertz CT molecular complexity index is 189. The van der Waals surface area contributed by atoms with Crippen LogP contribution < -0.4 is 5.32 Å². The van der Waals surface area contributed by atoms with Crippen LogP contribution in [-0.2, 0) is 4.74 Å². The Hall–Kier alpha value is -0.730. The van der Waals surface area contributed by atoms with Gasteiger partial charge in [0, 0.05) is 0 Å². The molecule has 64 valence electrons. The lowest BCUT2D eigenvalue weighted by Gasteiger charge is -2.33. The van der Waals surface area contributed by atoms with E-state index in [1.54, 1.807) is 0 Å². The molecule has 1 N–H and O–H groups in total. The highest BCUT2D eigenvalue weighted by molar-refractivity contribution is 5.72. The van der Waals surface area contributed by atoms with Crippen molar-refractivity contribution < 1.29 is 9.53 Å². The summed E-state index contributed by atoms with van der Waals surface area (Å²) in [6.07, 6.45) is 0.575. The van der Waals surface area contributed by atoms with Gasteiger partial charge in [-0.25, -0.2) is 4.79 Å². The van der Waals surface area contributed by atoms with Crippen LogP contribution in [0.15, 0.2) is 0 Å². The number of alkyl carbamates (subject to hydrolysis) is 1. The number of rotatable bonds is 1. The van der Waals surface area contributed by atoms with Gasteiger partial charge in [-0.15, -0.1) is 0 Å². The standard InChI is InChI=1S/C8H15NO2/c1-5-8(4)7(2,3)11-6(10)9-8/h5H2,1-4H3,(H,9,10). The van der Waals surface area contributed by atoms with Gasteiger partial charge in [-0.2, -0.15) is 0 Å². The highest BCUT2D eigenvalue weighted by Crippen LogP contribution is 2.33. The minimum absolute atomic E-state index is 0.218. The lowest BCUT2D eigenvalue weighted by molar-refractivity contribution is 0.0369. The molecule has 0 aromatic carbocycles. The molecule has 0 spiro atoms. The van der Waals surface area contributed by atoms with Crippen LogP contribution in [0.2, 0.25) is 0 Å². The van der Waals surface area contributed by atoms with Crippen molar-refractivity contribution in [2.75, 3.05) is 0 Å². The molecule has 0 radical (unpaired) electrons. The number of carbonyl (C=O) groups is 1. The molecule has 1 saturated heterocycles. The van der Waals surface area contributed by atoms with E-state index in [1.807, 2.05) is 27.7 Å². The monoisotopic (exact) mass is 157 g/mol. The Morgan fingerprint density at radius 3 is 2.18 bits per heavy atom. The van der Waals surface area contributed by atoms with E-state index in [2.05, 4.69) is 5.32 Å². The number of hydrogen-bond acceptors (Lipinski definition) is 2. The van der Waals surface area contributed by atoms with Gasteiger partial charge in [0.2, 0.25) is 0 Å². The molecule has 1 unspecified atom stereocenters. The van der Waals surface area contributed by atoms with Crippen LogP contribution in [0.3, 0.4) is 0 Å². The third-order valence-corrected chi connectivity index (χ3v) is 2.76. The molecule has 3 nitrogen and oxygen atoms in total. The minimum atomic E-state index is -0.390. The number of hydrogen-bond donors (Lipinski definition) is 1. The molecule has 1 atom stereocenters. The summed E-state index contributed by atoms with van der Waals surface area (Å²) >= 11 is 0. The molecular weight excluding hydrogens is 142 g/mol. The molecule has 0 aliphatic carbocycles. The highest BCUT2D eigenvalue weighted by Gasteiger charge is 2.49. The Morgan fingerprint density at radius 1 is 1.45 bits per heavy atom. The summed E-state index contributed by atoms with van der Waals surface area (Å²) < 4.78 is 5.11. The first-order chi connectivity index (χ1) is 4.91. The van der Waals surface area contributed by atoms with Gasteiger partial charge in [-0.3, -0.25) is 0 Å². The second-order valence-electron chi connectivity index (χ2n) is 3.71. The lowest BCUT2D eigenvalue weighted by Crippen LogP contribution is -2.50. The summed E-state index contributed by atoms with van der Waals surface area (Å²) in [5.41, 5.74) is -0.608. The fraction of sp³-hybridized carbons (Fsp3) is 0.875. The van der Waals surface area contributed by atoms with Gasteiger partial charge >= 0.3 is 6.09 Å². The van der Waals surface area contributed by atoms with Crippen LogP contribution in [0, 0.1) is 0 Å². The van der Waals surface area contributed by atoms with E-state index >= 15 is 0 Å². The maximum Gasteiger partial charge on any atom is 0.408 e. The Morgan fingerprint density at radius 2 is 2.00 bits per heavy atom. The molecule has 1 rings (SSSR count). The van der Waals surface area contributed by atoms with Gasteiger partial charge in [0.15, 0.2) is 0 Å². The molecule has 1 aliphatic rings. The van der Waals surface area contributed by atoms with Crippen molar-refractivity contribution in [1.29, 1.82) is 0 Å². The van der Waals surface area contributed by atoms with E-state index in [0.29, 0.717) is 0 Å². The van der Waals surface area contributed by atoms with Crippen molar-refractivity contribution in [1.82, 2.24) is 5.32 Å². The third-order valence-electron chi connectivity index (χ3n) is 2.76. The van der Waals surface area contributed by atoms with Crippen LogP contribution in [0.25, 0.3) is 0 Å². The van der Waals surface area contributed by atoms with Crippen molar-refractivity contribution in [3.8, 4) is 0 Å².